The molecule has 0 radical (unpaired) electrons. The van der Waals surface area contributed by atoms with Gasteiger partial charge in [-0.05, 0) is 43.3 Å². The van der Waals surface area contributed by atoms with Crippen LogP contribution in [-0.2, 0) is 0 Å². The lowest BCUT2D eigenvalue weighted by Gasteiger charge is -2.11. The number of thiazole rings is 1. The molecule has 0 aliphatic carbocycles. The van der Waals surface area contributed by atoms with Crippen LogP contribution in [0.2, 0.25) is 5.02 Å². The van der Waals surface area contributed by atoms with E-state index in [-0.39, 0.29) is 28.8 Å². The number of rotatable bonds is 5. The van der Waals surface area contributed by atoms with E-state index in [4.69, 9.17) is 16.3 Å². The average molecular weight is 428 g/mol. The molecule has 0 saturated carbocycles. The first kappa shape index (κ1) is 18.7. The standard InChI is InChI=1S/C17H15ClN2O2S.BrH/c1-10(16(21)11-6-8-12(18)9-7-11)19-17-20-15-13(22-2)4-3-5-14(15)23-17;/h3-10H,1-2H3,(H,19,20);1H. The number of halogens is 2. The number of ketones is 1. The molecule has 4 nitrogen and oxygen atoms in total. The van der Waals surface area contributed by atoms with Gasteiger partial charge in [0.25, 0.3) is 0 Å². The van der Waals surface area contributed by atoms with Gasteiger partial charge >= 0.3 is 0 Å². The normalized spacial score (nSPS) is 11.6. The number of nitrogens with zero attached hydrogens (tertiary/aromatic N) is 1. The van der Waals surface area contributed by atoms with Gasteiger partial charge in [-0.15, -0.1) is 17.0 Å². The highest BCUT2D eigenvalue weighted by Crippen LogP contribution is 2.32. The summed E-state index contributed by atoms with van der Waals surface area (Å²) in [6, 6.07) is 12.3. The number of hydrogen-bond donors (Lipinski definition) is 1. The molecule has 7 heteroatoms. The van der Waals surface area contributed by atoms with Crippen LogP contribution >= 0.6 is 39.9 Å². The predicted molar refractivity (Wildman–Crippen MR) is 105 cm³/mol. The zero-order chi connectivity index (χ0) is 16.4. The van der Waals surface area contributed by atoms with Crippen molar-refractivity contribution in [2.45, 2.75) is 13.0 Å². The number of benzene rings is 2. The third-order valence-corrected chi connectivity index (χ3v) is 4.67. The number of carbonyl (C=O) groups excluding carboxylic acids is 1. The molecule has 126 valence electrons. The molecule has 0 aliphatic rings. The van der Waals surface area contributed by atoms with Crippen molar-refractivity contribution < 1.29 is 9.53 Å². The number of carbonyl (C=O) groups is 1. The molecule has 1 unspecified atom stereocenters. The van der Waals surface area contributed by atoms with Gasteiger partial charge in [0.1, 0.15) is 11.3 Å². The second-order valence-electron chi connectivity index (χ2n) is 5.06. The molecule has 0 fully saturated rings. The maximum Gasteiger partial charge on any atom is 0.184 e. The van der Waals surface area contributed by atoms with E-state index in [9.17, 15) is 4.79 Å². The van der Waals surface area contributed by atoms with Crippen molar-refractivity contribution in [1.29, 1.82) is 0 Å². The number of aromatic nitrogens is 1. The van der Waals surface area contributed by atoms with Gasteiger partial charge in [-0.3, -0.25) is 4.79 Å². The highest BCUT2D eigenvalue weighted by Gasteiger charge is 2.17. The Morgan fingerprint density at radius 1 is 1.25 bits per heavy atom. The summed E-state index contributed by atoms with van der Waals surface area (Å²) < 4.78 is 6.32. The van der Waals surface area contributed by atoms with Gasteiger partial charge in [0.15, 0.2) is 10.9 Å². The quantitative estimate of drug-likeness (QED) is 0.567. The van der Waals surface area contributed by atoms with Crippen LogP contribution in [0.4, 0.5) is 5.13 Å². The zero-order valence-electron chi connectivity index (χ0n) is 13.1. The van der Waals surface area contributed by atoms with Gasteiger partial charge in [0.2, 0.25) is 0 Å². The lowest BCUT2D eigenvalue weighted by Crippen LogP contribution is -2.26. The molecular weight excluding hydrogens is 412 g/mol. The zero-order valence-corrected chi connectivity index (χ0v) is 16.4. The number of ether oxygens (including phenoxy) is 1. The van der Waals surface area contributed by atoms with Crippen LogP contribution in [0.1, 0.15) is 17.3 Å². The lowest BCUT2D eigenvalue weighted by atomic mass is 10.1. The topological polar surface area (TPSA) is 51.2 Å². The first-order chi connectivity index (χ1) is 11.1. The van der Waals surface area contributed by atoms with Crippen LogP contribution in [0.5, 0.6) is 5.75 Å². The van der Waals surface area contributed by atoms with Crippen LogP contribution in [0.3, 0.4) is 0 Å². The summed E-state index contributed by atoms with van der Waals surface area (Å²) in [5.41, 5.74) is 1.42. The van der Waals surface area contributed by atoms with E-state index < -0.39 is 0 Å². The van der Waals surface area contributed by atoms with Gasteiger partial charge < -0.3 is 10.1 Å². The molecule has 0 bridgehead atoms. The van der Waals surface area contributed by atoms with Crippen molar-refractivity contribution >= 4 is 61.1 Å². The number of fused-ring (bicyclic) bond motifs is 1. The van der Waals surface area contributed by atoms with Crippen molar-refractivity contribution in [2.24, 2.45) is 0 Å². The largest absolute Gasteiger partial charge is 0.494 e. The van der Waals surface area contributed by atoms with E-state index in [1.165, 1.54) is 11.3 Å². The van der Waals surface area contributed by atoms with Crippen molar-refractivity contribution in [2.75, 3.05) is 12.4 Å². The molecule has 2 aromatic carbocycles. The molecule has 0 spiro atoms. The van der Waals surface area contributed by atoms with Crippen LogP contribution in [0, 0.1) is 0 Å². The van der Waals surface area contributed by atoms with E-state index >= 15 is 0 Å². The van der Waals surface area contributed by atoms with Gasteiger partial charge in [-0.25, -0.2) is 4.98 Å². The SMILES string of the molecule is Br.COc1cccc2sc(NC(C)C(=O)c3ccc(Cl)cc3)nc12. The van der Waals surface area contributed by atoms with E-state index in [0.717, 1.165) is 16.0 Å². The molecule has 1 aromatic heterocycles. The second-order valence-corrected chi connectivity index (χ2v) is 6.53. The highest BCUT2D eigenvalue weighted by molar-refractivity contribution is 8.93. The minimum absolute atomic E-state index is 0. The maximum absolute atomic E-state index is 12.4. The Kier molecular flexibility index (Phi) is 6.21. The molecular formula is C17H16BrClN2O2S. The summed E-state index contributed by atoms with van der Waals surface area (Å²) >= 11 is 7.35. The summed E-state index contributed by atoms with van der Waals surface area (Å²) in [5, 5.41) is 4.47. The summed E-state index contributed by atoms with van der Waals surface area (Å²) in [4.78, 5) is 17.0. The lowest BCUT2D eigenvalue weighted by molar-refractivity contribution is 0.0975. The summed E-state index contributed by atoms with van der Waals surface area (Å²) in [6.45, 7) is 1.82. The molecule has 0 saturated heterocycles. The number of Topliss-reactive ketones (excluding diaryl/α,β-unsaturated/α-hetero) is 1. The third kappa shape index (κ3) is 3.88. The van der Waals surface area contributed by atoms with Crippen LogP contribution in [-0.4, -0.2) is 23.9 Å². The molecule has 1 heterocycles. The molecule has 3 aromatic rings. The van der Waals surface area contributed by atoms with Crippen molar-refractivity contribution in [3.8, 4) is 5.75 Å². The first-order valence-electron chi connectivity index (χ1n) is 7.08. The van der Waals surface area contributed by atoms with Gasteiger partial charge in [-0.1, -0.05) is 29.0 Å². The smallest absolute Gasteiger partial charge is 0.184 e. The Hall–Kier alpha value is -1.63. The van der Waals surface area contributed by atoms with Gasteiger partial charge in [-0.2, -0.15) is 0 Å². The van der Waals surface area contributed by atoms with E-state index in [0.29, 0.717) is 15.7 Å². The average Bonchev–Trinajstić information content (AvgIpc) is 2.97. The molecule has 24 heavy (non-hydrogen) atoms. The maximum atomic E-state index is 12.4. The Labute approximate surface area is 159 Å². The van der Waals surface area contributed by atoms with E-state index in [2.05, 4.69) is 10.3 Å². The minimum Gasteiger partial charge on any atom is -0.494 e. The first-order valence-corrected chi connectivity index (χ1v) is 8.28. The van der Waals surface area contributed by atoms with Crippen molar-refractivity contribution in [3.05, 3.63) is 53.1 Å². The highest BCUT2D eigenvalue weighted by atomic mass is 79.9. The Morgan fingerprint density at radius 3 is 2.62 bits per heavy atom. The van der Waals surface area contributed by atoms with Gasteiger partial charge in [0.05, 0.1) is 17.9 Å². The van der Waals surface area contributed by atoms with Crippen molar-refractivity contribution in [3.63, 3.8) is 0 Å². The van der Waals surface area contributed by atoms with Crippen LogP contribution < -0.4 is 10.1 Å². The Morgan fingerprint density at radius 2 is 1.96 bits per heavy atom. The van der Waals surface area contributed by atoms with Crippen LogP contribution in [0.25, 0.3) is 10.2 Å². The van der Waals surface area contributed by atoms with Crippen molar-refractivity contribution in [1.82, 2.24) is 4.98 Å². The number of hydrogen-bond acceptors (Lipinski definition) is 5. The second kappa shape index (κ2) is 7.96. The number of nitrogens with one attached hydrogen (secondary N) is 1. The molecule has 1 N–H and O–H groups in total. The molecule has 0 aliphatic heterocycles. The fourth-order valence-electron chi connectivity index (χ4n) is 2.26. The number of methoxy groups -OCH3 is 1. The predicted octanol–water partition coefficient (Wildman–Crippen LogP) is 5.22. The summed E-state index contributed by atoms with van der Waals surface area (Å²) in [6.07, 6.45) is 0. The number of anilines is 1. The van der Waals surface area contributed by atoms with E-state index in [1.807, 2.05) is 25.1 Å². The monoisotopic (exact) mass is 426 g/mol. The molecule has 3 rings (SSSR count). The van der Waals surface area contributed by atoms with E-state index in [1.54, 1.807) is 31.4 Å². The Bertz CT molecular complexity index is 851. The summed E-state index contributed by atoms with van der Waals surface area (Å²) in [5.74, 6) is 0.719. The number of para-hydroxylation sites is 1. The summed E-state index contributed by atoms with van der Waals surface area (Å²) in [7, 11) is 1.62. The van der Waals surface area contributed by atoms with Gasteiger partial charge in [0, 0.05) is 10.6 Å². The molecule has 1 atom stereocenters. The minimum atomic E-state index is -0.386. The molecule has 0 amide bonds. The third-order valence-electron chi connectivity index (χ3n) is 3.46. The Balaban J connectivity index is 0.00000208. The fourth-order valence-corrected chi connectivity index (χ4v) is 3.36. The van der Waals surface area contributed by atoms with Crippen LogP contribution in [0.15, 0.2) is 42.5 Å². The fraction of sp³-hybridized carbons (Fsp3) is 0.176.